The molecule has 4 N–H and O–H groups in total. The highest BCUT2D eigenvalue weighted by molar-refractivity contribution is 5.85. The molecule has 1 amide bonds. The number of rotatable bonds is 13. The van der Waals surface area contributed by atoms with Gasteiger partial charge in [0.1, 0.15) is 11.5 Å². The zero-order valence-electron chi connectivity index (χ0n) is 34.4. The van der Waals surface area contributed by atoms with Gasteiger partial charge in [-0.25, -0.2) is 0 Å². The van der Waals surface area contributed by atoms with Crippen LogP contribution >= 0.6 is 0 Å². The molecule has 0 aromatic heterocycles. The van der Waals surface area contributed by atoms with Crippen LogP contribution < -0.4 is 25.8 Å². The van der Waals surface area contributed by atoms with Crippen molar-refractivity contribution < 1.29 is 14.3 Å². The third-order valence-electron chi connectivity index (χ3n) is 11.8. The number of primary amides is 1. The van der Waals surface area contributed by atoms with Gasteiger partial charge in [-0.3, -0.25) is 4.79 Å². The fourth-order valence-corrected chi connectivity index (χ4v) is 8.21. The summed E-state index contributed by atoms with van der Waals surface area (Å²) >= 11 is 0. The Labute approximate surface area is 330 Å². The number of benzene rings is 4. The summed E-state index contributed by atoms with van der Waals surface area (Å²) in [5.41, 5.74) is 8.42. The number of amides is 1. The average molecular weight is 747 g/mol. The molecule has 4 aromatic carbocycles. The summed E-state index contributed by atoms with van der Waals surface area (Å²) in [6.45, 7) is 17.0. The molecule has 0 bridgehead atoms. The lowest BCUT2D eigenvalue weighted by Crippen LogP contribution is -2.30. The van der Waals surface area contributed by atoms with Crippen molar-refractivity contribution in [1.82, 2.24) is 10.6 Å². The third-order valence-corrected chi connectivity index (χ3v) is 11.8. The van der Waals surface area contributed by atoms with E-state index < -0.39 is 0 Å². The second-order valence-electron chi connectivity index (χ2n) is 18.1. The summed E-state index contributed by atoms with van der Waals surface area (Å²) in [5, 5.41) is 20.0. The van der Waals surface area contributed by atoms with Gasteiger partial charge in [0.25, 0.3) is 0 Å². The molecular weight excluding hydrogens is 681 g/mol. The lowest BCUT2D eigenvalue weighted by atomic mass is 9.72. The van der Waals surface area contributed by atoms with Crippen molar-refractivity contribution in [1.29, 1.82) is 5.26 Å². The average Bonchev–Trinajstić information content (AvgIpc) is 3.15. The summed E-state index contributed by atoms with van der Waals surface area (Å²) in [4.78, 5) is 10.8. The van der Waals surface area contributed by atoms with E-state index in [1.807, 2.05) is 0 Å². The topological polar surface area (TPSA) is 109 Å². The SMILES string of the molecule is CC(C)(C)C1CCC(Oc2ccc3cc(CNCCC#N)ccc3c2)CC1.CC(C)(C)C1CCC(Oc2ccc3cc(CNCCC(N)=O)ccc3c2)CC1. The van der Waals surface area contributed by atoms with Crippen LogP contribution in [-0.2, 0) is 17.9 Å². The predicted octanol–water partition coefficient (Wildman–Crippen LogP) is 10.6. The number of hydrogen-bond donors (Lipinski definition) is 3. The van der Waals surface area contributed by atoms with E-state index in [0.717, 1.165) is 68.7 Å². The van der Waals surface area contributed by atoms with Crippen LogP contribution in [0.15, 0.2) is 72.8 Å². The Morgan fingerprint density at radius 3 is 1.44 bits per heavy atom. The normalized spacial score (nSPS) is 20.3. The van der Waals surface area contributed by atoms with E-state index in [-0.39, 0.29) is 5.91 Å². The van der Waals surface area contributed by atoms with Crippen LogP contribution in [0.1, 0.15) is 117 Å². The number of nitrogens with two attached hydrogens (primary N) is 1. The molecule has 296 valence electrons. The predicted molar refractivity (Wildman–Crippen MR) is 227 cm³/mol. The maximum Gasteiger partial charge on any atom is 0.218 e. The minimum absolute atomic E-state index is 0.273. The molecule has 7 heteroatoms. The Morgan fingerprint density at radius 1 is 0.636 bits per heavy atom. The maximum atomic E-state index is 10.8. The molecule has 0 aliphatic heterocycles. The molecule has 2 aliphatic rings. The van der Waals surface area contributed by atoms with Crippen molar-refractivity contribution in [3.8, 4) is 17.6 Å². The minimum Gasteiger partial charge on any atom is -0.490 e. The molecule has 0 heterocycles. The lowest BCUT2D eigenvalue weighted by molar-refractivity contribution is -0.117. The number of nitrogens with zero attached hydrogens (tertiary/aromatic N) is 1. The first kappa shape index (κ1) is 42.0. The minimum atomic E-state index is -0.273. The molecule has 0 unspecified atom stereocenters. The van der Waals surface area contributed by atoms with Crippen molar-refractivity contribution in [3.63, 3.8) is 0 Å². The Balaban J connectivity index is 0.000000211. The van der Waals surface area contributed by atoms with E-state index in [1.54, 1.807) is 0 Å². The third kappa shape index (κ3) is 13.3. The molecule has 0 radical (unpaired) electrons. The lowest BCUT2D eigenvalue weighted by Gasteiger charge is -2.37. The Kier molecular flexibility index (Phi) is 15.0. The summed E-state index contributed by atoms with van der Waals surface area (Å²) in [7, 11) is 0. The van der Waals surface area contributed by atoms with Gasteiger partial charge >= 0.3 is 0 Å². The van der Waals surface area contributed by atoms with Crippen LogP contribution in [0.25, 0.3) is 21.5 Å². The quantitative estimate of drug-likeness (QED) is 0.118. The molecule has 7 nitrogen and oxygen atoms in total. The Bertz CT molecular complexity index is 1870. The highest BCUT2D eigenvalue weighted by Crippen LogP contribution is 2.40. The monoisotopic (exact) mass is 747 g/mol. The summed E-state index contributed by atoms with van der Waals surface area (Å²) < 4.78 is 12.6. The van der Waals surface area contributed by atoms with Gasteiger partial charge in [-0.15, -0.1) is 0 Å². The molecule has 0 saturated heterocycles. The molecule has 2 fully saturated rings. The summed E-state index contributed by atoms with van der Waals surface area (Å²) in [5.74, 6) is 3.30. The zero-order valence-corrected chi connectivity index (χ0v) is 34.4. The highest BCUT2D eigenvalue weighted by atomic mass is 16.5. The van der Waals surface area contributed by atoms with Crippen molar-refractivity contribution in [2.75, 3.05) is 13.1 Å². The Morgan fingerprint density at radius 2 is 1.04 bits per heavy atom. The van der Waals surface area contributed by atoms with Crippen molar-refractivity contribution in [2.24, 2.45) is 28.4 Å². The van der Waals surface area contributed by atoms with Gasteiger partial charge in [0, 0.05) is 39.0 Å². The number of carbonyl (C=O) groups excluding carboxylic acids is 1. The first-order chi connectivity index (χ1) is 26.3. The molecule has 55 heavy (non-hydrogen) atoms. The second kappa shape index (κ2) is 19.6. The van der Waals surface area contributed by atoms with Crippen molar-refractivity contribution in [2.45, 2.75) is 131 Å². The van der Waals surface area contributed by atoms with E-state index in [2.05, 4.69) is 131 Å². The summed E-state index contributed by atoms with van der Waals surface area (Å²) in [6, 6.07) is 27.9. The highest BCUT2D eigenvalue weighted by Gasteiger charge is 2.31. The summed E-state index contributed by atoms with van der Waals surface area (Å²) in [6.07, 6.45) is 11.3. The van der Waals surface area contributed by atoms with E-state index in [0.29, 0.717) is 42.4 Å². The largest absolute Gasteiger partial charge is 0.490 e. The van der Waals surface area contributed by atoms with Gasteiger partial charge in [-0.2, -0.15) is 5.26 Å². The van der Waals surface area contributed by atoms with Gasteiger partial charge in [0.15, 0.2) is 0 Å². The molecule has 0 spiro atoms. The van der Waals surface area contributed by atoms with E-state index in [4.69, 9.17) is 20.5 Å². The number of fused-ring (bicyclic) bond motifs is 2. The van der Waals surface area contributed by atoms with E-state index >= 15 is 0 Å². The fraction of sp³-hybridized carbons (Fsp3) is 0.542. The molecule has 0 atom stereocenters. The maximum absolute atomic E-state index is 10.8. The first-order valence-corrected chi connectivity index (χ1v) is 20.7. The van der Waals surface area contributed by atoms with Gasteiger partial charge in [0.05, 0.1) is 18.3 Å². The molecule has 4 aromatic rings. The van der Waals surface area contributed by atoms with Gasteiger partial charge in [-0.1, -0.05) is 77.9 Å². The van der Waals surface area contributed by atoms with Gasteiger partial charge < -0.3 is 25.8 Å². The van der Waals surface area contributed by atoms with Crippen LogP contribution in [0.2, 0.25) is 0 Å². The smallest absolute Gasteiger partial charge is 0.218 e. The standard InChI is InChI=1S/C24H34N2O2.C24H32N2O/c1-24(2,3)20-7-10-21(11-8-20)28-22-9-6-18-14-17(4-5-19(18)15-22)16-26-13-12-23(25)27;1-24(2,3)21-8-11-22(12-9-21)27-23-10-7-19-15-18(5-6-20(19)16-23)17-26-14-4-13-25/h4-6,9,14-15,20-21,26H,7-8,10-13,16H2,1-3H3,(H2,25,27);5-7,10,15-16,21-22,26H,4,8-9,11-12,14,17H2,1-3H3. The Hall–Kier alpha value is -4.12. The molecule has 6 rings (SSSR count). The number of nitrogens with one attached hydrogen (secondary N) is 2. The molecule has 2 aliphatic carbocycles. The molecular formula is C48H66N4O3. The number of ether oxygens (including phenoxy) is 2. The van der Waals surface area contributed by atoms with Crippen LogP contribution in [0.4, 0.5) is 0 Å². The van der Waals surface area contributed by atoms with Crippen LogP contribution in [0, 0.1) is 34.0 Å². The van der Waals surface area contributed by atoms with E-state index in [1.165, 1.54) is 58.4 Å². The zero-order chi connectivity index (χ0) is 39.4. The number of nitriles is 1. The number of carbonyl (C=O) groups is 1. The van der Waals surface area contributed by atoms with E-state index in [9.17, 15) is 4.79 Å². The second-order valence-corrected chi connectivity index (χ2v) is 18.1. The fourth-order valence-electron chi connectivity index (χ4n) is 8.21. The van der Waals surface area contributed by atoms with Gasteiger partial charge in [0.2, 0.25) is 5.91 Å². The van der Waals surface area contributed by atoms with Crippen LogP contribution in [-0.4, -0.2) is 31.2 Å². The van der Waals surface area contributed by atoms with Crippen molar-refractivity contribution >= 4 is 27.5 Å². The van der Waals surface area contributed by atoms with Crippen molar-refractivity contribution in [3.05, 3.63) is 83.9 Å². The number of hydrogen-bond acceptors (Lipinski definition) is 6. The van der Waals surface area contributed by atoms with Crippen LogP contribution in [0.5, 0.6) is 11.5 Å². The van der Waals surface area contributed by atoms with Crippen LogP contribution in [0.3, 0.4) is 0 Å². The first-order valence-electron chi connectivity index (χ1n) is 20.7. The molecule has 2 saturated carbocycles. The van der Waals surface area contributed by atoms with Gasteiger partial charge in [-0.05, 0) is 143 Å².